The molecule has 1 saturated carbocycles. The van der Waals surface area contributed by atoms with Crippen LogP contribution in [0.4, 0.5) is 4.39 Å². The molecule has 19 heavy (non-hydrogen) atoms. The van der Waals surface area contributed by atoms with Crippen molar-refractivity contribution < 1.29 is 12.8 Å². The fourth-order valence-electron chi connectivity index (χ4n) is 2.40. The quantitative estimate of drug-likeness (QED) is 0.775. The van der Waals surface area contributed by atoms with Gasteiger partial charge < -0.3 is 5.32 Å². The first-order valence-electron chi connectivity index (χ1n) is 6.43. The first-order chi connectivity index (χ1) is 8.94. The molecule has 0 aliphatic heterocycles. The molecule has 1 aromatic rings. The average molecular weight is 286 g/mol. The lowest BCUT2D eigenvalue weighted by Gasteiger charge is -2.36. The van der Waals surface area contributed by atoms with E-state index in [1.54, 1.807) is 12.1 Å². The lowest BCUT2D eigenvalue weighted by molar-refractivity contribution is 0.291. The topological polar surface area (TPSA) is 72.2 Å². The van der Waals surface area contributed by atoms with Crippen molar-refractivity contribution in [3.05, 3.63) is 35.6 Å². The van der Waals surface area contributed by atoms with Gasteiger partial charge in [0.25, 0.3) is 0 Å². The summed E-state index contributed by atoms with van der Waals surface area (Å²) in [7, 11) is -3.35. The van der Waals surface area contributed by atoms with Crippen molar-refractivity contribution >= 4 is 10.0 Å². The van der Waals surface area contributed by atoms with Gasteiger partial charge in [0.15, 0.2) is 0 Å². The first kappa shape index (κ1) is 14.4. The third-order valence-electron chi connectivity index (χ3n) is 3.50. The van der Waals surface area contributed by atoms with E-state index < -0.39 is 10.0 Å². The lowest BCUT2D eigenvalue weighted by atomic mass is 9.76. The van der Waals surface area contributed by atoms with Crippen LogP contribution in [0.5, 0.6) is 0 Å². The van der Waals surface area contributed by atoms with Crippen LogP contribution in [0.1, 0.15) is 30.7 Å². The number of nitrogens with one attached hydrogen (secondary N) is 1. The van der Waals surface area contributed by atoms with Crippen molar-refractivity contribution in [1.29, 1.82) is 0 Å². The molecule has 0 unspecified atom stereocenters. The third-order valence-corrected chi connectivity index (χ3v) is 4.35. The molecule has 3 N–H and O–H groups in total. The van der Waals surface area contributed by atoms with Gasteiger partial charge in [-0.25, -0.2) is 17.9 Å². The van der Waals surface area contributed by atoms with Crippen molar-refractivity contribution in [3.8, 4) is 0 Å². The Bertz CT molecular complexity index is 527. The van der Waals surface area contributed by atoms with Gasteiger partial charge in [-0.2, -0.15) is 0 Å². The predicted octanol–water partition coefficient (Wildman–Crippen LogP) is 1.34. The Labute approximate surface area is 113 Å². The molecule has 0 saturated heterocycles. The molecule has 0 atom stereocenters. The van der Waals surface area contributed by atoms with Crippen LogP contribution in [0.15, 0.2) is 24.3 Å². The molecule has 0 heterocycles. The molecule has 106 valence electrons. The molecule has 0 bridgehead atoms. The van der Waals surface area contributed by atoms with Gasteiger partial charge in [0, 0.05) is 6.04 Å². The fraction of sp³-hybridized carbons (Fsp3) is 0.538. The Kier molecular flexibility index (Phi) is 4.54. The number of benzene rings is 1. The summed E-state index contributed by atoms with van der Waals surface area (Å²) in [6, 6.07) is 7.11. The molecule has 4 nitrogen and oxygen atoms in total. The summed E-state index contributed by atoms with van der Waals surface area (Å²) in [4.78, 5) is 0. The van der Waals surface area contributed by atoms with E-state index in [1.807, 2.05) is 6.07 Å². The molecule has 1 aliphatic rings. The Balaban J connectivity index is 1.67. The maximum atomic E-state index is 13.1. The summed E-state index contributed by atoms with van der Waals surface area (Å²) in [5.41, 5.74) is 1.04. The summed E-state index contributed by atoms with van der Waals surface area (Å²) in [6.07, 6.45) is 2.47. The van der Waals surface area contributed by atoms with E-state index in [2.05, 4.69) is 5.32 Å². The zero-order valence-electron chi connectivity index (χ0n) is 10.7. The molecule has 1 aromatic carbocycles. The van der Waals surface area contributed by atoms with Crippen LogP contribution < -0.4 is 10.5 Å². The standard InChI is InChI=1S/C13H19FN2O2S/c14-12-4-1-3-10(7-12)11-8-13(9-11)16-5-2-6-19(15,17)18/h1,3-4,7,11,13,16H,2,5-6,8-9H2,(H2,15,17,18). The van der Waals surface area contributed by atoms with E-state index in [0.717, 1.165) is 18.4 Å². The Morgan fingerprint density at radius 3 is 2.74 bits per heavy atom. The van der Waals surface area contributed by atoms with Crippen LogP contribution in [0.25, 0.3) is 0 Å². The van der Waals surface area contributed by atoms with Gasteiger partial charge in [0.2, 0.25) is 10.0 Å². The Morgan fingerprint density at radius 2 is 2.11 bits per heavy atom. The summed E-state index contributed by atoms with van der Waals surface area (Å²) >= 11 is 0. The number of primary sulfonamides is 1. The van der Waals surface area contributed by atoms with Crippen LogP contribution in [0.2, 0.25) is 0 Å². The van der Waals surface area contributed by atoms with E-state index >= 15 is 0 Å². The number of hydrogen-bond acceptors (Lipinski definition) is 3. The van der Waals surface area contributed by atoms with Gasteiger partial charge in [-0.1, -0.05) is 12.1 Å². The summed E-state index contributed by atoms with van der Waals surface area (Å²) in [5.74, 6) is 0.230. The minimum Gasteiger partial charge on any atom is -0.314 e. The van der Waals surface area contributed by atoms with Crippen LogP contribution in [0, 0.1) is 5.82 Å². The molecule has 6 heteroatoms. The van der Waals surface area contributed by atoms with Crippen LogP contribution in [0.3, 0.4) is 0 Å². The molecule has 1 aliphatic carbocycles. The van der Waals surface area contributed by atoms with E-state index in [-0.39, 0.29) is 11.6 Å². The second-order valence-electron chi connectivity index (χ2n) is 5.09. The highest BCUT2D eigenvalue weighted by molar-refractivity contribution is 7.89. The van der Waals surface area contributed by atoms with Crippen molar-refractivity contribution in [2.45, 2.75) is 31.2 Å². The number of hydrogen-bond donors (Lipinski definition) is 2. The van der Waals surface area contributed by atoms with Crippen LogP contribution >= 0.6 is 0 Å². The zero-order chi connectivity index (χ0) is 13.9. The van der Waals surface area contributed by atoms with E-state index in [1.165, 1.54) is 6.07 Å². The van der Waals surface area contributed by atoms with Gasteiger partial charge in [-0.05, 0) is 49.4 Å². The second kappa shape index (κ2) is 5.98. The molecule has 0 radical (unpaired) electrons. The Hall–Kier alpha value is -0.980. The molecule has 0 amide bonds. The number of sulfonamides is 1. The van der Waals surface area contributed by atoms with Gasteiger partial charge >= 0.3 is 0 Å². The van der Waals surface area contributed by atoms with Crippen molar-refractivity contribution in [2.24, 2.45) is 5.14 Å². The predicted molar refractivity (Wildman–Crippen MR) is 72.8 cm³/mol. The van der Waals surface area contributed by atoms with Gasteiger partial charge in [-0.15, -0.1) is 0 Å². The average Bonchev–Trinajstić information content (AvgIpc) is 2.24. The number of rotatable bonds is 6. The third kappa shape index (κ3) is 4.56. The highest BCUT2D eigenvalue weighted by atomic mass is 32.2. The molecule has 1 fully saturated rings. The Morgan fingerprint density at radius 1 is 1.37 bits per heavy atom. The summed E-state index contributed by atoms with van der Waals surface area (Å²) in [6.45, 7) is 0.650. The van der Waals surface area contributed by atoms with Crippen molar-refractivity contribution in [2.75, 3.05) is 12.3 Å². The number of halogens is 1. The fourth-order valence-corrected chi connectivity index (χ4v) is 2.94. The van der Waals surface area contributed by atoms with E-state index in [4.69, 9.17) is 5.14 Å². The van der Waals surface area contributed by atoms with Crippen molar-refractivity contribution in [1.82, 2.24) is 5.32 Å². The summed E-state index contributed by atoms with van der Waals surface area (Å²) < 4.78 is 34.5. The summed E-state index contributed by atoms with van der Waals surface area (Å²) in [5, 5.41) is 8.21. The normalized spacial score (nSPS) is 23.1. The maximum absolute atomic E-state index is 13.1. The van der Waals surface area contributed by atoms with Gasteiger partial charge in [0.05, 0.1) is 5.75 Å². The maximum Gasteiger partial charge on any atom is 0.209 e. The van der Waals surface area contributed by atoms with Crippen LogP contribution in [-0.2, 0) is 10.0 Å². The minimum absolute atomic E-state index is 0.0139. The zero-order valence-corrected chi connectivity index (χ0v) is 11.5. The van der Waals surface area contributed by atoms with Gasteiger partial charge in [0.1, 0.15) is 5.82 Å². The molecule has 0 spiro atoms. The van der Waals surface area contributed by atoms with Crippen LogP contribution in [-0.4, -0.2) is 26.8 Å². The first-order valence-corrected chi connectivity index (χ1v) is 8.15. The number of nitrogens with two attached hydrogens (primary N) is 1. The highest BCUT2D eigenvalue weighted by Gasteiger charge is 2.29. The SMILES string of the molecule is NS(=O)(=O)CCCNC1CC(c2cccc(F)c2)C1. The molecule has 0 aromatic heterocycles. The monoisotopic (exact) mass is 286 g/mol. The largest absolute Gasteiger partial charge is 0.314 e. The highest BCUT2D eigenvalue weighted by Crippen LogP contribution is 2.36. The van der Waals surface area contributed by atoms with E-state index in [9.17, 15) is 12.8 Å². The molecule has 2 rings (SSSR count). The van der Waals surface area contributed by atoms with Gasteiger partial charge in [-0.3, -0.25) is 0 Å². The van der Waals surface area contributed by atoms with E-state index in [0.29, 0.717) is 24.9 Å². The lowest BCUT2D eigenvalue weighted by Crippen LogP contribution is -2.41. The van der Waals surface area contributed by atoms with Crippen molar-refractivity contribution in [3.63, 3.8) is 0 Å². The molecular weight excluding hydrogens is 267 g/mol. The minimum atomic E-state index is -3.35. The molecular formula is C13H19FN2O2S. The smallest absolute Gasteiger partial charge is 0.209 e. The second-order valence-corrected chi connectivity index (χ2v) is 6.83.